The number of hydrogen-bond donors (Lipinski definition) is 1. The number of hydrogen-bond acceptors (Lipinski definition) is 6. The molecule has 2 atom stereocenters. The van der Waals surface area contributed by atoms with Crippen LogP contribution in [0.4, 0.5) is 5.69 Å². The summed E-state index contributed by atoms with van der Waals surface area (Å²) in [5.74, 6) is -0.369. The highest BCUT2D eigenvalue weighted by molar-refractivity contribution is 7.92. The van der Waals surface area contributed by atoms with Gasteiger partial charge >= 0.3 is 0 Å². The van der Waals surface area contributed by atoms with Crippen LogP contribution in [0.1, 0.15) is 31.4 Å². The summed E-state index contributed by atoms with van der Waals surface area (Å²) >= 11 is 6.33. The van der Waals surface area contributed by atoms with E-state index in [9.17, 15) is 18.0 Å². The third kappa shape index (κ3) is 9.05. The Morgan fingerprint density at radius 1 is 0.851 bits per heavy atom. The van der Waals surface area contributed by atoms with Crippen molar-refractivity contribution in [2.45, 2.75) is 50.2 Å². The predicted molar refractivity (Wildman–Crippen MR) is 184 cm³/mol. The van der Waals surface area contributed by atoms with Gasteiger partial charge in [-0.05, 0) is 60.9 Å². The molecular weight excluding hydrogens is 638 g/mol. The Bertz CT molecular complexity index is 1760. The summed E-state index contributed by atoms with van der Waals surface area (Å²) in [6.07, 6.45) is 0.883. The van der Waals surface area contributed by atoms with Crippen molar-refractivity contribution in [3.63, 3.8) is 0 Å². The summed E-state index contributed by atoms with van der Waals surface area (Å²) in [6, 6.07) is 27.8. The van der Waals surface area contributed by atoms with Crippen LogP contribution in [0.15, 0.2) is 108 Å². The molecule has 4 rings (SSSR count). The number of nitrogens with zero attached hydrogens (tertiary/aromatic N) is 2. The Morgan fingerprint density at radius 2 is 1.51 bits per heavy atom. The first-order valence-electron chi connectivity index (χ1n) is 15.2. The second-order valence-electron chi connectivity index (χ2n) is 11.0. The average molecular weight is 678 g/mol. The number of rotatable bonds is 15. The Labute approximate surface area is 282 Å². The lowest BCUT2D eigenvalue weighted by Gasteiger charge is -2.34. The SMILES string of the molecule is CC[C@@H](C)NC(=O)[C@H](Cc1ccccc1)N(Cc1cccc(Cl)c1)C(=O)CN(c1cc(OC)ccc1OC)S(=O)(=O)c1ccccc1. The van der Waals surface area contributed by atoms with Gasteiger partial charge in [-0.3, -0.25) is 13.9 Å². The molecule has 0 saturated carbocycles. The minimum atomic E-state index is -4.32. The lowest BCUT2D eigenvalue weighted by molar-refractivity contribution is -0.140. The van der Waals surface area contributed by atoms with E-state index in [1.165, 1.54) is 37.3 Å². The smallest absolute Gasteiger partial charge is 0.264 e. The standard InChI is InChI=1S/C36H40ClN3O6S/c1-5-26(2)38-36(42)33(22-27-13-8-6-9-14-27)39(24-28-15-12-16-29(37)21-28)35(41)25-40(47(43,44)31-17-10-7-11-18-31)32-23-30(45-3)19-20-34(32)46-4/h6-21,23,26,33H,5,22,24-25H2,1-4H3,(H,38,42)/t26-,33+/m1/s1. The fourth-order valence-corrected chi connectivity index (χ4v) is 6.70. The number of amides is 2. The fraction of sp³-hybridized carbons (Fsp3) is 0.278. The van der Waals surface area contributed by atoms with E-state index < -0.39 is 28.5 Å². The summed E-state index contributed by atoms with van der Waals surface area (Å²) < 4.78 is 40.6. The van der Waals surface area contributed by atoms with Gasteiger partial charge in [0.1, 0.15) is 24.1 Å². The normalized spacial score (nSPS) is 12.4. The van der Waals surface area contributed by atoms with Crippen LogP contribution < -0.4 is 19.1 Å². The molecule has 0 bridgehead atoms. The van der Waals surface area contributed by atoms with E-state index in [1.807, 2.05) is 50.2 Å². The number of methoxy groups -OCH3 is 2. The molecule has 0 fully saturated rings. The van der Waals surface area contributed by atoms with E-state index in [-0.39, 0.29) is 41.2 Å². The van der Waals surface area contributed by atoms with Crippen LogP contribution >= 0.6 is 11.6 Å². The van der Waals surface area contributed by atoms with Crippen LogP contribution in [0.5, 0.6) is 11.5 Å². The van der Waals surface area contributed by atoms with E-state index in [1.54, 1.807) is 48.5 Å². The molecule has 0 radical (unpaired) electrons. The average Bonchev–Trinajstić information content (AvgIpc) is 3.09. The van der Waals surface area contributed by atoms with E-state index in [4.69, 9.17) is 21.1 Å². The van der Waals surface area contributed by atoms with Gasteiger partial charge in [0, 0.05) is 30.1 Å². The molecule has 0 saturated heterocycles. The van der Waals surface area contributed by atoms with Crippen molar-refractivity contribution in [3.8, 4) is 11.5 Å². The highest BCUT2D eigenvalue weighted by Gasteiger charge is 2.36. The highest BCUT2D eigenvalue weighted by Crippen LogP contribution is 2.36. The summed E-state index contributed by atoms with van der Waals surface area (Å²) in [7, 11) is -1.44. The highest BCUT2D eigenvalue weighted by atomic mass is 35.5. The first-order valence-corrected chi connectivity index (χ1v) is 17.1. The first-order chi connectivity index (χ1) is 22.6. The topological polar surface area (TPSA) is 105 Å². The first kappa shape index (κ1) is 35.3. The number of carbonyl (C=O) groups excluding carboxylic acids is 2. The number of anilines is 1. The molecule has 0 aromatic heterocycles. The van der Waals surface area contributed by atoms with Crippen molar-refractivity contribution in [3.05, 3.63) is 119 Å². The van der Waals surface area contributed by atoms with Gasteiger partial charge in [-0.25, -0.2) is 8.42 Å². The van der Waals surface area contributed by atoms with Crippen molar-refractivity contribution in [2.75, 3.05) is 25.1 Å². The lowest BCUT2D eigenvalue weighted by atomic mass is 10.0. The van der Waals surface area contributed by atoms with Gasteiger partial charge in [0.05, 0.1) is 24.8 Å². The zero-order chi connectivity index (χ0) is 34.0. The second kappa shape index (κ2) is 16.3. The number of benzene rings is 4. The Hall–Kier alpha value is -4.54. The van der Waals surface area contributed by atoms with Crippen LogP contribution in [0.2, 0.25) is 5.02 Å². The molecular formula is C36H40ClN3O6S. The molecule has 4 aromatic rings. The molecule has 0 unspecified atom stereocenters. The largest absolute Gasteiger partial charge is 0.497 e. The number of carbonyl (C=O) groups is 2. The molecule has 1 N–H and O–H groups in total. The molecule has 0 aliphatic heterocycles. The van der Waals surface area contributed by atoms with Crippen molar-refractivity contribution in [1.82, 2.24) is 10.2 Å². The van der Waals surface area contributed by atoms with E-state index >= 15 is 0 Å². The van der Waals surface area contributed by atoms with Crippen LogP contribution in [-0.4, -0.2) is 58.0 Å². The van der Waals surface area contributed by atoms with Crippen molar-refractivity contribution < 1.29 is 27.5 Å². The summed E-state index contributed by atoms with van der Waals surface area (Å²) in [5.41, 5.74) is 1.62. The van der Waals surface area contributed by atoms with E-state index in [2.05, 4.69) is 5.32 Å². The maximum atomic E-state index is 14.7. The molecule has 248 valence electrons. The van der Waals surface area contributed by atoms with Crippen LogP contribution in [-0.2, 0) is 32.6 Å². The monoisotopic (exact) mass is 677 g/mol. The van der Waals surface area contributed by atoms with Gasteiger partial charge in [-0.1, -0.05) is 79.2 Å². The van der Waals surface area contributed by atoms with Crippen molar-refractivity contribution in [1.29, 1.82) is 0 Å². The molecule has 4 aromatic carbocycles. The van der Waals surface area contributed by atoms with E-state index in [0.717, 1.165) is 9.87 Å². The molecule has 47 heavy (non-hydrogen) atoms. The van der Waals surface area contributed by atoms with Crippen molar-refractivity contribution >= 4 is 39.1 Å². The maximum Gasteiger partial charge on any atom is 0.264 e. The zero-order valence-corrected chi connectivity index (χ0v) is 28.5. The lowest BCUT2D eigenvalue weighted by Crippen LogP contribution is -2.54. The number of sulfonamides is 1. The fourth-order valence-electron chi connectivity index (χ4n) is 5.05. The molecule has 2 amide bonds. The third-order valence-corrected chi connectivity index (χ3v) is 9.79. The van der Waals surface area contributed by atoms with Gasteiger partial charge in [0.2, 0.25) is 11.8 Å². The van der Waals surface area contributed by atoms with Crippen LogP contribution in [0, 0.1) is 0 Å². The molecule has 0 heterocycles. The minimum absolute atomic E-state index is 0.000705. The third-order valence-electron chi connectivity index (χ3n) is 7.78. The van der Waals surface area contributed by atoms with Gasteiger partial charge in [0.15, 0.2) is 0 Å². The summed E-state index contributed by atoms with van der Waals surface area (Å²) in [4.78, 5) is 30.1. The quantitative estimate of drug-likeness (QED) is 0.163. The molecule has 0 aliphatic rings. The molecule has 0 spiro atoms. The molecule has 11 heteroatoms. The minimum Gasteiger partial charge on any atom is -0.497 e. The summed E-state index contributed by atoms with van der Waals surface area (Å²) in [6.45, 7) is 3.21. The number of halogens is 1. The van der Waals surface area contributed by atoms with Crippen LogP contribution in [0.25, 0.3) is 0 Å². The number of ether oxygens (including phenoxy) is 2. The predicted octanol–water partition coefficient (Wildman–Crippen LogP) is 6.11. The van der Waals surface area contributed by atoms with Gasteiger partial charge in [-0.15, -0.1) is 0 Å². The zero-order valence-electron chi connectivity index (χ0n) is 26.9. The molecule has 9 nitrogen and oxygen atoms in total. The molecule has 0 aliphatic carbocycles. The number of nitrogens with one attached hydrogen (secondary N) is 1. The Kier molecular flexibility index (Phi) is 12.3. The summed E-state index contributed by atoms with van der Waals surface area (Å²) in [5, 5.41) is 3.50. The van der Waals surface area contributed by atoms with Gasteiger partial charge in [0.25, 0.3) is 10.0 Å². The van der Waals surface area contributed by atoms with Gasteiger partial charge < -0.3 is 19.7 Å². The van der Waals surface area contributed by atoms with E-state index in [0.29, 0.717) is 22.8 Å². The Morgan fingerprint density at radius 3 is 2.13 bits per heavy atom. The van der Waals surface area contributed by atoms with Crippen molar-refractivity contribution in [2.24, 2.45) is 0 Å². The van der Waals surface area contributed by atoms with Gasteiger partial charge in [-0.2, -0.15) is 0 Å². The van der Waals surface area contributed by atoms with Crippen LogP contribution in [0.3, 0.4) is 0 Å². The maximum absolute atomic E-state index is 14.7. The Balaban J connectivity index is 1.86. The second-order valence-corrected chi connectivity index (χ2v) is 13.3.